The molecule has 1 amide bonds. The van der Waals surface area contributed by atoms with Gasteiger partial charge in [-0.1, -0.05) is 24.3 Å². The zero-order chi connectivity index (χ0) is 11.7. The molecule has 0 unspecified atom stereocenters. The fourth-order valence-electron chi connectivity index (χ4n) is 2.59. The lowest BCUT2D eigenvalue weighted by molar-refractivity contribution is 0.0920. The van der Waals surface area contributed by atoms with Gasteiger partial charge in [-0.2, -0.15) is 0 Å². The Morgan fingerprint density at radius 2 is 2.00 bits per heavy atom. The van der Waals surface area contributed by atoms with Crippen LogP contribution in [0, 0.1) is 5.92 Å². The fraction of sp³-hybridized carbons (Fsp3) is 0.357. The van der Waals surface area contributed by atoms with E-state index in [0.29, 0.717) is 5.92 Å². The molecular formula is C14H16N2O. The Bertz CT molecular complexity index is 467. The van der Waals surface area contributed by atoms with Gasteiger partial charge < -0.3 is 10.6 Å². The average Bonchev–Trinajstić information content (AvgIpc) is 2.40. The van der Waals surface area contributed by atoms with E-state index < -0.39 is 0 Å². The van der Waals surface area contributed by atoms with Gasteiger partial charge in [0.1, 0.15) is 6.17 Å². The number of anilines is 1. The number of amides is 1. The van der Waals surface area contributed by atoms with E-state index in [2.05, 4.69) is 22.8 Å². The molecule has 0 spiro atoms. The number of fused-ring (bicyclic) bond motifs is 1. The second-order valence-electron chi connectivity index (χ2n) is 4.69. The van der Waals surface area contributed by atoms with Gasteiger partial charge in [0, 0.05) is 11.6 Å². The van der Waals surface area contributed by atoms with Crippen LogP contribution in [0.5, 0.6) is 0 Å². The Morgan fingerprint density at radius 1 is 1.12 bits per heavy atom. The first-order valence-corrected chi connectivity index (χ1v) is 6.16. The third-order valence-electron chi connectivity index (χ3n) is 3.55. The van der Waals surface area contributed by atoms with Crippen LogP contribution in [0.15, 0.2) is 36.4 Å². The summed E-state index contributed by atoms with van der Waals surface area (Å²) in [6.45, 7) is 0. The van der Waals surface area contributed by atoms with Crippen molar-refractivity contribution in [2.75, 3.05) is 5.32 Å². The van der Waals surface area contributed by atoms with Crippen molar-refractivity contribution in [2.24, 2.45) is 5.92 Å². The molecule has 1 aromatic rings. The van der Waals surface area contributed by atoms with Gasteiger partial charge in [0.25, 0.3) is 5.91 Å². The summed E-state index contributed by atoms with van der Waals surface area (Å²) < 4.78 is 0. The maximum Gasteiger partial charge on any atom is 0.254 e. The number of allylic oxidation sites excluding steroid dienone is 2. The molecule has 3 nitrogen and oxygen atoms in total. The monoisotopic (exact) mass is 228 g/mol. The molecule has 2 aliphatic rings. The minimum Gasteiger partial charge on any atom is -0.364 e. The van der Waals surface area contributed by atoms with Gasteiger partial charge in [0.2, 0.25) is 0 Å². The highest BCUT2D eigenvalue weighted by Gasteiger charge is 2.28. The van der Waals surface area contributed by atoms with Crippen molar-refractivity contribution >= 4 is 11.6 Å². The van der Waals surface area contributed by atoms with Crippen LogP contribution in [-0.4, -0.2) is 12.1 Å². The second-order valence-corrected chi connectivity index (χ2v) is 4.69. The molecule has 0 bridgehead atoms. The first kappa shape index (κ1) is 10.4. The Labute approximate surface area is 101 Å². The molecule has 1 aliphatic heterocycles. The van der Waals surface area contributed by atoms with Crippen LogP contribution in [0.2, 0.25) is 0 Å². The minimum absolute atomic E-state index is 0.0407. The number of carbonyl (C=O) groups excluding carboxylic acids is 1. The topological polar surface area (TPSA) is 41.1 Å². The van der Waals surface area contributed by atoms with E-state index in [1.165, 1.54) is 0 Å². The highest BCUT2D eigenvalue weighted by atomic mass is 16.2. The van der Waals surface area contributed by atoms with E-state index >= 15 is 0 Å². The molecular weight excluding hydrogens is 212 g/mol. The summed E-state index contributed by atoms with van der Waals surface area (Å²) in [7, 11) is 0. The molecule has 0 saturated carbocycles. The largest absolute Gasteiger partial charge is 0.364 e. The van der Waals surface area contributed by atoms with Gasteiger partial charge in [-0.05, 0) is 31.4 Å². The van der Waals surface area contributed by atoms with Crippen LogP contribution < -0.4 is 10.6 Å². The standard InChI is InChI=1S/C14H16N2O/c17-14-11-8-4-5-9-12(11)15-13(16-14)10-6-2-1-3-7-10/h1-2,4-5,8-10,13,15H,3,6-7H2,(H,16,17)/t10-,13+/m1/s1. The number of benzene rings is 1. The smallest absolute Gasteiger partial charge is 0.254 e. The number of para-hydroxylation sites is 1. The van der Waals surface area contributed by atoms with Crippen molar-refractivity contribution in [3.05, 3.63) is 42.0 Å². The molecule has 2 N–H and O–H groups in total. The van der Waals surface area contributed by atoms with Gasteiger partial charge in [-0.15, -0.1) is 0 Å². The van der Waals surface area contributed by atoms with Crippen LogP contribution in [-0.2, 0) is 0 Å². The van der Waals surface area contributed by atoms with Crippen molar-refractivity contribution < 1.29 is 4.79 Å². The molecule has 2 atom stereocenters. The molecule has 3 heteroatoms. The molecule has 0 aromatic heterocycles. The van der Waals surface area contributed by atoms with Gasteiger partial charge >= 0.3 is 0 Å². The summed E-state index contributed by atoms with van der Waals surface area (Å²) in [6, 6.07) is 7.68. The van der Waals surface area contributed by atoms with Gasteiger partial charge in [0.15, 0.2) is 0 Å². The van der Waals surface area contributed by atoms with Crippen LogP contribution in [0.4, 0.5) is 5.69 Å². The molecule has 0 radical (unpaired) electrons. The van der Waals surface area contributed by atoms with Crippen molar-refractivity contribution in [1.82, 2.24) is 5.32 Å². The molecule has 0 saturated heterocycles. The van der Waals surface area contributed by atoms with Gasteiger partial charge in [0.05, 0.1) is 5.56 Å². The van der Waals surface area contributed by atoms with Crippen molar-refractivity contribution in [3.8, 4) is 0 Å². The zero-order valence-electron chi connectivity index (χ0n) is 9.65. The molecule has 1 aromatic carbocycles. The third kappa shape index (κ3) is 1.93. The lowest BCUT2D eigenvalue weighted by Gasteiger charge is -2.34. The minimum atomic E-state index is 0.0407. The third-order valence-corrected chi connectivity index (χ3v) is 3.55. The summed E-state index contributed by atoms with van der Waals surface area (Å²) in [6.07, 6.45) is 7.79. The lowest BCUT2D eigenvalue weighted by Crippen LogP contribution is -2.49. The SMILES string of the molecule is O=C1N[C@@H]([C@@H]2CC=CCC2)Nc2ccccc21. The molecule has 17 heavy (non-hydrogen) atoms. The molecule has 3 rings (SSSR count). The molecule has 88 valence electrons. The summed E-state index contributed by atoms with van der Waals surface area (Å²) in [5.41, 5.74) is 1.70. The number of carbonyl (C=O) groups is 1. The predicted octanol–water partition coefficient (Wildman–Crippen LogP) is 2.52. The second kappa shape index (κ2) is 4.24. The number of hydrogen-bond acceptors (Lipinski definition) is 2. The quantitative estimate of drug-likeness (QED) is 0.725. The van der Waals surface area contributed by atoms with E-state index in [4.69, 9.17) is 0 Å². The van der Waals surface area contributed by atoms with Crippen molar-refractivity contribution in [3.63, 3.8) is 0 Å². The maximum atomic E-state index is 12.0. The first-order valence-electron chi connectivity index (χ1n) is 6.16. The normalized spacial score (nSPS) is 26.9. The van der Waals surface area contributed by atoms with Gasteiger partial charge in [-0.25, -0.2) is 0 Å². The van der Waals surface area contributed by atoms with E-state index in [1.54, 1.807) is 0 Å². The van der Waals surface area contributed by atoms with Crippen molar-refractivity contribution in [2.45, 2.75) is 25.4 Å². The maximum absolute atomic E-state index is 12.0. The summed E-state index contributed by atoms with van der Waals surface area (Å²) in [5, 5.41) is 6.49. The van der Waals surface area contributed by atoms with Crippen molar-refractivity contribution in [1.29, 1.82) is 0 Å². The lowest BCUT2D eigenvalue weighted by atomic mass is 9.90. The number of rotatable bonds is 1. The highest BCUT2D eigenvalue weighted by molar-refractivity contribution is 6.01. The van der Waals surface area contributed by atoms with E-state index in [1.807, 2.05) is 24.3 Å². The number of hydrogen-bond donors (Lipinski definition) is 2. The van der Waals surface area contributed by atoms with Gasteiger partial charge in [-0.3, -0.25) is 4.79 Å². The first-order chi connectivity index (χ1) is 8.34. The fourth-order valence-corrected chi connectivity index (χ4v) is 2.59. The van der Waals surface area contributed by atoms with Crippen LogP contribution in [0.1, 0.15) is 29.6 Å². The molecule has 1 heterocycles. The Balaban J connectivity index is 1.83. The molecule has 0 fully saturated rings. The highest BCUT2D eigenvalue weighted by Crippen LogP contribution is 2.27. The zero-order valence-corrected chi connectivity index (χ0v) is 9.65. The summed E-state index contributed by atoms with van der Waals surface area (Å²) in [4.78, 5) is 12.0. The van der Waals surface area contributed by atoms with E-state index in [-0.39, 0.29) is 12.1 Å². The predicted molar refractivity (Wildman–Crippen MR) is 67.8 cm³/mol. The Hall–Kier alpha value is -1.77. The Kier molecular flexibility index (Phi) is 2.59. The van der Waals surface area contributed by atoms with E-state index in [0.717, 1.165) is 30.5 Å². The summed E-state index contributed by atoms with van der Waals surface area (Å²) in [5.74, 6) is 0.538. The van der Waals surface area contributed by atoms with E-state index in [9.17, 15) is 4.79 Å². The van der Waals surface area contributed by atoms with Crippen LogP contribution in [0.25, 0.3) is 0 Å². The Morgan fingerprint density at radius 3 is 2.82 bits per heavy atom. The summed E-state index contributed by atoms with van der Waals surface area (Å²) >= 11 is 0. The molecule has 1 aliphatic carbocycles. The van der Waals surface area contributed by atoms with Crippen LogP contribution in [0.3, 0.4) is 0 Å². The van der Waals surface area contributed by atoms with Crippen LogP contribution >= 0.6 is 0 Å². The number of nitrogens with one attached hydrogen (secondary N) is 2. The average molecular weight is 228 g/mol.